The number of hydrogen-bond donors (Lipinski definition) is 2. The Hall–Kier alpha value is -0.570. The highest BCUT2D eigenvalue weighted by atomic mass is 16.4. The van der Waals surface area contributed by atoms with E-state index >= 15 is 0 Å². The molecule has 4 aliphatic rings. The Morgan fingerprint density at radius 2 is 1.70 bits per heavy atom. The van der Waals surface area contributed by atoms with Gasteiger partial charge >= 0.3 is 5.97 Å². The zero-order chi connectivity index (χ0) is 13.7. The Balaban J connectivity index is 1.37. The summed E-state index contributed by atoms with van der Waals surface area (Å²) in [7, 11) is 0. The van der Waals surface area contributed by atoms with Crippen LogP contribution in [0.2, 0.25) is 0 Å². The van der Waals surface area contributed by atoms with Gasteiger partial charge in [0.1, 0.15) is 0 Å². The minimum Gasteiger partial charge on any atom is -0.481 e. The van der Waals surface area contributed by atoms with E-state index in [9.17, 15) is 9.90 Å². The van der Waals surface area contributed by atoms with Crippen molar-refractivity contribution in [2.24, 2.45) is 29.6 Å². The van der Waals surface area contributed by atoms with Gasteiger partial charge in [-0.15, -0.1) is 0 Å². The summed E-state index contributed by atoms with van der Waals surface area (Å²) in [5, 5.41) is 13.1. The third-order valence-electron chi connectivity index (χ3n) is 6.90. The highest BCUT2D eigenvalue weighted by Gasteiger charge is 2.53. The number of carbonyl (C=O) groups is 1. The smallest absolute Gasteiger partial charge is 0.306 e. The molecule has 112 valence electrons. The second-order valence-electron chi connectivity index (χ2n) is 7.83. The van der Waals surface area contributed by atoms with E-state index in [0.29, 0.717) is 12.1 Å². The van der Waals surface area contributed by atoms with Crippen LogP contribution in [0.25, 0.3) is 0 Å². The molecule has 7 atom stereocenters. The largest absolute Gasteiger partial charge is 0.481 e. The number of nitrogens with one attached hydrogen (secondary N) is 1. The molecule has 4 rings (SSSR count). The Morgan fingerprint density at radius 1 is 0.900 bits per heavy atom. The van der Waals surface area contributed by atoms with Gasteiger partial charge in [0.25, 0.3) is 0 Å². The monoisotopic (exact) mass is 277 g/mol. The summed E-state index contributed by atoms with van der Waals surface area (Å²) in [6.07, 6.45) is 11.3. The zero-order valence-corrected chi connectivity index (χ0v) is 12.3. The quantitative estimate of drug-likeness (QED) is 0.833. The molecule has 3 nitrogen and oxygen atoms in total. The number of carboxylic acids is 1. The molecule has 0 aromatic rings. The highest BCUT2D eigenvalue weighted by Crippen LogP contribution is 2.58. The van der Waals surface area contributed by atoms with E-state index in [1.807, 2.05) is 0 Å². The molecule has 0 saturated heterocycles. The van der Waals surface area contributed by atoms with E-state index in [4.69, 9.17) is 0 Å². The van der Waals surface area contributed by atoms with E-state index in [0.717, 1.165) is 42.9 Å². The van der Waals surface area contributed by atoms with Gasteiger partial charge in [-0.1, -0.05) is 12.8 Å². The fraction of sp³-hybridized carbons (Fsp3) is 0.941. The first-order valence-corrected chi connectivity index (χ1v) is 8.71. The van der Waals surface area contributed by atoms with Gasteiger partial charge in [0, 0.05) is 12.1 Å². The normalized spacial score (nSPS) is 50.3. The minimum atomic E-state index is -0.583. The van der Waals surface area contributed by atoms with E-state index < -0.39 is 5.97 Å². The van der Waals surface area contributed by atoms with E-state index in [-0.39, 0.29) is 5.92 Å². The first kappa shape index (κ1) is 13.1. The lowest BCUT2D eigenvalue weighted by molar-refractivity contribution is -0.143. The molecule has 4 saturated carbocycles. The molecule has 0 amide bonds. The fourth-order valence-electron chi connectivity index (χ4n) is 6.13. The van der Waals surface area contributed by atoms with Crippen LogP contribution in [0.3, 0.4) is 0 Å². The number of fused-ring (bicyclic) bond motifs is 5. The Bertz CT molecular complexity index is 396. The number of hydrogen-bond acceptors (Lipinski definition) is 2. The molecule has 3 heteroatoms. The molecular formula is C17H27NO2. The molecule has 0 heterocycles. The van der Waals surface area contributed by atoms with Gasteiger partial charge in [0.2, 0.25) is 0 Å². The maximum atomic E-state index is 11.2. The minimum absolute atomic E-state index is 0.0981. The van der Waals surface area contributed by atoms with Gasteiger partial charge in [0.05, 0.1) is 5.92 Å². The molecule has 0 aromatic carbocycles. The molecule has 0 spiro atoms. The van der Waals surface area contributed by atoms with Gasteiger partial charge < -0.3 is 10.4 Å². The van der Waals surface area contributed by atoms with Gasteiger partial charge in [-0.05, 0) is 68.6 Å². The van der Waals surface area contributed by atoms with Crippen molar-refractivity contribution >= 4 is 5.97 Å². The predicted octanol–water partition coefficient (Wildman–Crippen LogP) is 3.04. The van der Waals surface area contributed by atoms with Crippen molar-refractivity contribution in [3.05, 3.63) is 0 Å². The van der Waals surface area contributed by atoms with Crippen molar-refractivity contribution in [2.75, 3.05) is 0 Å². The summed E-state index contributed by atoms with van der Waals surface area (Å²) < 4.78 is 0. The topological polar surface area (TPSA) is 49.3 Å². The maximum Gasteiger partial charge on any atom is 0.306 e. The van der Waals surface area contributed by atoms with Crippen molar-refractivity contribution in [2.45, 2.75) is 69.9 Å². The molecule has 7 unspecified atom stereocenters. The average Bonchev–Trinajstić information content (AvgIpc) is 3.10. The summed E-state index contributed by atoms with van der Waals surface area (Å²) in [4.78, 5) is 11.2. The van der Waals surface area contributed by atoms with Crippen LogP contribution in [0.5, 0.6) is 0 Å². The SMILES string of the molecule is O=C(O)C1CCCC(NC2CC3CC2C2CCCC32)C1. The van der Waals surface area contributed by atoms with Gasteiger partial charge in [-0.25, -0.2) is 0 Å². The van der Waals surface area contributed by atoms with Crippen molar-refractivity contribution in [1.29, 1.82) is 0 Å². The van der Waals surface area contributed by atoms with Crippen LogP contribution in [0.4, 0.5) is 0 Å². The van der Waals surface area contributed by atoms with Crippen molar-refractivity contribution in [1.82, 2.24) is 5.32 Å². The lowest BCUT2D eigenvalue weighted by Gasteiger charge is -2.37. The van der Waals surface area contributed by atoms with Crippen LogP contribution >= 0.6 is 0 Å². The number of carboxylic acid groups (broad SMARTS) is 1. The van der Waals surface area contributed by atoms with Crippen molar-refractivity contribution < 1.29 is 9.90 Å². The van der Waals surface area contributed by atoms with Gasteiger partial charge in [0.15, 0.2) is 0 Å². The Morgan fingerprint density at radius 3 is 2.55 bits per heavy atom. The van der Waals surface area contributed by atoms with Crippen LogP contribution in [-0.2, 0) is 4.79 Å². The molecule has 0 radical (unpaired) electrons. The van der Waals surface area contributed by atoms with E-state index in [2.05, 4.69) is 5.32 Å². The second kappa shape index (κ2) is 5.01. The fourth-order valence-corrected chi connectivity index (χ4v) is 6.13. The van der Waals surface area contributed by atoms with Crippen LogP contribution in [0.15, 0.2) is 0 Å². The molecular weight excluding hydrogens is 250 g/mol. The number of aliphatic carboxylic acids is 1. The van der Waals surface area contributed by atoms with E-state index in [1.54, 1.807) is 0 Å². The third-order valence-corrected chi connectivity index (χ3v) is 6.90. The zero-order valence-electron chi connectivity index (χ0n) is 12.3. The molecule has 0 aliphatic heterocycles. The standard InChI is InChI=1S/C17H27NO2/c19-17(20)10-3-1-4-12(7-10)18-16-9-11-8-15(16)14-6-2-5-13(11)14/h10-16,18H,1-9H2,(H,19,20). The Labute approximate surface area is 121 Å². The van der Waals surface area contributed by atoms with Crippen LogP contribution < -0.4 is 5.32 Å². The van der Waals surface area contributed by atoms with Crippen molar-refractivity contribution in [3.63, 3.8) is 0 Å². The molecule has 2 N–H and O–H groups in total. The summed E-state index contributed by atoms with van der Waals surface area (Å²) in [5.74, 6) is 3.28. The van der Waals surface area contributed by atoms with Crippen LogP contribution in [0.1, 0.15) is 57.8 Å². The molecule has 4 fully saturated rings. The van der Waals surface area contributed by atoms with Crippen LogP contribution in [0, 0.1) is 29.6 Å². The summed E-state index contributed by atoms with van der Waals surface area (Å²) in [6, 6.07) is 1.17. The lowest BCUT2D eigenvalue weighted by Crippen LogP contribution is -2.46. The van der Waals surface area contributed by atoms with E-state index in [1.165, 1.54) is 38.5 Å². The molecule has 20 heavy (non-hydrogen) atoms. The Kier molecular flexibility index (Phi) is 3.29. The number of rotatable bonds is 3. The second-order valence-corrected chi connectivity index (χ2v) is 7.83. The molecule has 2 bridgehead atoms. The average molecular weight is 277 g/mol. The molecule has 0 aromatic heterocycles. The van der Waals surface area contributed by atoms with Crippen molar-refractivity contribution in [3.8, 4) is 0 Å². The first-order valence-electron chi connectivity index (χ1n) is 8.71. The molecule has 4 aliphatic carbocycles. The van der Waals surface area contributed by atoms with Gasteiger partial charge in [-0.2, -0.15) is 0 Å². The summed E-state index contributed by atoms with van der Waals surface area (Å²) >= 11 is 0. The lowest BCUT2D eigenvalue weighted by atomic mass is 9.78. The first-order chi connectivity index (χ1) is 9.72. The summed E-state index contributed by atoms with van der Waals surface area (Å²) in [5.41, 5.74) is 0. The maximum absolute atomic E-state index is 11.2. The summed E-state index contributed by atoms with van der Waals surface area (Å²) in [6.45, 7) is 0. The third kappa shape index (κ3) is 2.09. The van der Waals surface area contributed by atoms with Gasteiger partial charge in [-0.3, -0.25) is 4.79 Å². The predicted molar refractivity (Wildman–Crippen MR) is 77.4 cm³/mol. The van der Waals surface area contributed by atoms with Crippen LogP contribution in [-0.4, -0.2) is 23.2 Å². The highest BCUT2D eigenvalue weighted by molar-refractivity contribution is 5.70.